The third-order valence-electron chi connectivity index (χ3n) is 3.21. The van der Waals surface area contributed by atoms with Crippen molar-refractivity contribution in [3.63, 3.8) is 0 Å². The highest BCUT2D eigenvalue weighted by atomic mass is 16.5. The minimum atomic E-state index is 0.150. The van der Waals surface area contributed by atoms with E-state index in [1.807, 2.05) is 32.2 Å². The van der Waals surface area contributed by atoms with Gasteiger partial charge >= 0.3 is 0 Å². The molecule has 0 amide bonds. The third kappa shape index (κ3) is 4.80. The predicted molar refractivity (Wildman–Crippen MR) is 75.1 cm³/mol. The summed E-state index contributed by atoms with van der Waals surface area (Å²) in [4.78, 5) is 6.68. The molecule has 106 valence electrons. The number of aromatic nitrogens is 1. The zero-order valence-electron chi connectivity index (χ0n) is 11.9. The van der Waals surface area contributed by atoms with E-state index in [4.69, 9.17) is 9.84 Å². The minimum absolute atomic E-state index is 0.150. The number of hydrogen-bond acceptors (Lipinski definition) is 4. The van der Waals surface area contributed by atoms with Gasteiger partial charge in [0.2, 0.25) is 5.88 Å². The average Bonchev–Trinajstić information content (AvgIpc) is 3.18. The molecule has 0 atom stereocenters. The van der Waals surface area contributed by atoms with Crippen molar-refractivity contribution in [3.05, 3.63) is 23.9 Å². The van der Waals surface area contributed by atoms with Crippen molar-refractivity contribution >= 4 is 0 Å². The lowest BCUT2D eigenvalue weighted by atomic mass is 10.2. The molecule has 1 aromatic rings. The SMILES string of the molecule is CC(C)Oc1cc(CN(CCCO)C2CC2)ccn1. The molecule has 1 N–H and O–H groups in total. The van der Waals surface area contributed by atoms with E-state index in [1.54, 1.807) is 0 Å². The first-order valence-electron chi connectivity index (χ1n) is 7.15. The molecule has 0 saturated heterocycles. The lowest BCUT2D eigenvalue weighted by Crippen LogP contribution is -2.27. The molecule has 4 nitrogen and oxygen atoms in total. The smallest absolute Gasteiger partial charge is 0.213 e. The summed E-state index contributed by atoms with van der Waals surface area (Å²) in [7, 11) is 0. The first-order valence-corrected chi connectivity index (χ1v) is 7.15. The number of pyridine rings is 1. The highest BCUT2D eigenvalue weighted by Crippen LogP contribution is 2.28. The van der Waals surface area contributed by atoms with Crippen LogP contribution in [0.4, 0.5) is 0 Å². The van der Waals surface area contributed by atoms with Crippen LogP contribution in [0.1, 0.15) is 38.7 Å². The van der Waals surface area contributed by atoms with Gasteiger partial charge in [0.15, 0.2) is 0 Å². The number of nitrogens with zero attached hydrogens (tertiary/aromatic N) is 2. The first kappa shape index (κ1) is 14.3. The zero-order chi connectivity index (χ0) is 13.7. The fourth-order valence-corrected chi connectivity index (χ4v) is 2.19. The van der Waals surface area contributed by atoms with Crippen molar-refractivity contribution < 1.29 is 9.84 Å². The van der Waals surface area contributed by atoms with Crippen LogP contribution in [0.15, 0.2) is 18.3 Å². The Kier molecular flexibility index (Phi) is 5.16. The second kappa shape index (κ2) is 6.87. The van der Waals surface area contributed by atoms with Crippen LogP contribution in [-0.4, -0.2) is 40.3 Å². The fraction of sp³-hybridized carbons (Fsp3) is 0.667. The molecule has 1 heterocycles. The summed E-state index contributed by atoms with van der Waals surface area (Å²) >= 11 is 0. The number of aliphatic hydroxyl groups is 1. The second-order valence-corrected chi connectivity index (χ2v) is 5.45. The molecule has 0 bridgehead atoms. The highest BCUT2D eigenvalue weighted by molar-refractivity contribution is 5.20. The monoisotopic (exact) mass is 264 g/mol. The molecule has 1 aliphatic carbocycles. The molecule has 2 rings (SSSR count). The molecular weight excluding hydrogens is 240 g/mol. The Labute approximate surface area is 115 Å². The van der Waals surface area contributed by atoms with Crippen molar-refractivity contribution in [1.82, 2.24) is 9.88 Å². The maximum absolute atomic E-state index is 8.97. The van der Waals surface area contributed by atoms with E-state index in [0.29, 0.717) is 11.9 Å². The lowest BCUT2D eigenvalue weighted by molar-refractivity contribution is 0.210. The molecule has 1 aromatic heterocycles. The predicted octanol–water partition coefficient (Wildman–Crippen LogP) is 2.22. The topological polar surface area (TPSA) is 45.6 Å². The van der Waals surface area contributed by atoms with Crippen molar-refractivity contribution in [2.45, 2.75) is 51.8 Å². The Morgan fingerprint density at radius 3 is 2.89 bits per heavy atom. The van der Waals surface area contributed by atoms with Gasteiger partial charge in [-0.1, -0.05) is 0 Å². The van der Waals surface area contributed by atoms with Gasteiger partial charge in [-0.3, -0.25) is 4.90 Å². The van der Waals surface area contributed by atoms with Crippen LogP contribution in [0.5, 0.6) is 5.88 Å². The van der Waals surface area contributed by atoms with Crippen molar-refractivity contribution in [2.24, 2.45) is 0 Å². The van der Waals surface area contributed by atoms with E-state index in [-0.39, 0.29) is 12.7 Å². The van der Waals surface area contributed by atoms with Gasteiger partial charge in [-0.2, -0.15) is 0 Å². The Balaban J connectivity index is 1.95. The molecule has 4 heteroatoms. The standard InChI is InChI=1S/C15H24N2O2/c1-12(2)19-15-10-13(6-7-16-15)11-17(8-3-9-18)14-4-5-14/h6-7,10,12,14,18H,3-5,8-9,11H2,1-2H3. The quantitative estimate of drug-likeness (QED) is 0.782. The van der Waals surface area contributed by atoms with Crippen LogP contribution in [0, 0.1) is 0 Å². The van der Waals surface area contributed by atoms with Crippen LogP contribution in [-0.2, 0) is 6.54 Å². The molecule has 0 radical (unpaired) electrons. The second-order valence-electron chi connectivity index (χ2n) is 5.45. The van der Waals surface area contributed by atoms with E-state index in [2.05, 4.69) is 9.88 Å². The Morgan fingerprint density at radius 2 is 2.26 bits per heavy atom. The molecule has 0 spiro atoms. The van der Waals surface area contributed by atoms with Crippen LogP contribution in [0.3, 0.4) is 0 Å². The summed E-state index contributed by atoms with van der Waals surface area (Å²) in [5.41, 5.74) is 1.23. The van der Waals surface area contributed by atoms with Gasteiger partial charge in [0.1, 0.15) is 0 Å². The van der Waals surface area contributed by atoms with Crippen LogP contribution in [0.2, 0.25) is 0 Å². The first-order chi connectivity index (χ1) is 9.19. The van der Waals surface area contributed by atoms with E-state index in [1.165, 1.54) is 18.4 Å². The summed E-state index contributed by atoms with van der Waals surface area (Å²) in [6.45, 7) is 6.16. The summed E-state index contributed by atoms with van der Waals surface area (Å²) < 4.78 is 5.62. The van der Waals surface area contributed by atoms with Gasteiger partial charge in [-0.05, 0) is 44.7 Å². The van der Waals surface area contributed by atoms with E-state index >= 15 is 0 Å². The van der Waals surface area contributed by atoms with Crippen LogP contribution < -0.4 is 4.74 Å². The molecule has 0 aliphatic heterocycles. The largest absolute Gasteiger partial charge is 0.475 e. The van der Waals surface area contributed by atoms with Gasteiger partial charge in [0, 0.05) is 38.0 Å². The molecular formula is C15H24N2O2. The maximum Gasteiger partial charge on any atom is 0.213 e. The van der Waals surface area contributed by atoms with Gasteiger partial charge < -0.3 is 9.84 Å². The molecule has 1 aliphatic rings. The zero-order valence-corrected chi connectivity index (χ0v) is 11.9. The summed E-state index contributed by atoms with van der Waals surface area (Å²) in [6.07, 6.45) is 5.37. The Bertz CT molecular complexity index is 391. The highest BCUT2D eigenvalue weighted by Gasteiger charge is 2.28. The normalized spacial score (nSPS) is 15.2. The molecule has 1 saturated carbocycles. The number of aliphatic hydroxyl groups excluding tert-OH is 1. The van der Waals surface area contributed by atoms with Crippen LogP contribution in [0.25, 0.3) is 0 Å². The number of hydrogen-bond donors (Lipinski definition) is 1. The summed E-state index contributed by atoms with van der Waals surface area (Å²) in [6, 6.07) is 4.77. The fourth-order valence-electron chi connectivity index (χ4n) is 2.19. The molecule has 19 heavy (non-hydrogen) atoms. The van der Waals surface area contributed by atoms with Crippen LogP contribution >= 0.6 is 0 Å². The Hall–Kier alpha value is -1.13. The third-order valence-corrected chi connectivity index (χ3v) is 3.21. The van der Waals surface area contributed by atoms with Gasteiger partial charge in [0.05, 0.1) is 6.10 Å². The van der Waals surface area contributed by atoms with Gasteiger partial charge in [0.25, 0.3) is 0 Å². The average molecular weight is 264 g/mol. The Morgan fingerprint density at radius 1 is 1.47 bits per heavy atom. The maximum atomic E-state index is 8.97. The number of rotatable bonds is 8. The number of ether oxygens (including phenoxy) is 1. The lowest BCUT2D eigenvalue weighted by Gasteiger charge is -2.21. The summed E-state index contributed by atoms with van der Waals surface area (Å²) in [5.74, 6) is 0.699. The molecule has 0 unspecified atom stereocenters. The van der Waals surface area contributed by atoms with E-state index in [0.717, 1.165) is 19.5 Å². The van der Waals surface area contributed by atoms with Crippen molar-refractivity contribution in [2.75, 3.05) is 13.2 Å². The van der Waals surface area contributed by atoms with Crippen molar-refractivity contribution in [1.29, 1.82) is 0 Å². The van der Waals surface area contributed by atoms with Gasteiger partial charge in [-0.15, -0.1) is 0 Å². The van der Waals surface area contributed by atoms with E-state index < -0.39 is 0 Å². The molecule has 0 aromatic carbocycles. The van der Waals surface area contributed by atoms with E-state index in [9.17, 15) is 0 Å². The molecule has 1 fully saturated rings. The van der Waals surface area contributed by atoms with Crippen molar-refractivity contribution in [3.8, 4) is 5.88 Å². The summed E-state index contributed by atoms with van der Waals surface area (Å²) in [5, 5.41) is 8.97. The minimum Gasteiger partial charge on any atom is -0.475 e. The van der Waals surface area contributed by atoms with Gasteiger partial charge in [-0.25, -0.2) is 4.98 Å².